The molecule has 0 aliphatic heterocycles. The van der Waals surface area contributed by atoms with Gasteiger partial charge in [0.25, 0.3) is 0 Å². The Bertz CT molecular complexity index is 38.3. The third kappa shape index (κ3) is 164. The number of carboxylic acid groups (broad SMARTS) is 1. The summed E-state index contributed by atoms with van der Waals surface area (Å²) in [6, 6.07) is 0. The molecule has 0 aromatic carbocycles. The molecule has 0 bridgehead atoms. The third-order valence-corrected chi connectivity index (χ3v) is 0. The quantitative estimate of drug-likeness (QED) is 0.384. The molecule has 0 fully saturated rings. The maximum Gasteiger partial charge on any atom is 1.00 e. The topological polar surface area (TPSA) is 40.1 Å². The van der Waals surface area contributed by atoms with Crippen molar-refractivity contribution in [1.82, 2.24) is 0 Å². The molecular formula is C2H6Cl3NaO2. The molecule has 0 aromatic heterocycles. The molecule has 2 nitrogen and oxygen atoms in total. The van der Waals surface area contributed by atoms with Gasteiger partial charge in [0.15, 0.2) is 0 Å². The Labute approximate surface area is 88.9 Å². The average Bonchev–Trinajstić information content (AvgIpc) is 0.811. The Morgan fingerprint density at radius 1 is 1.25 bits per heavy atom. The molecule has 0 saturated heterocycles. The molecule has 0 saturated carbocycles. The first-order valence-electron chi connectivity index (χ1n) is 0.908. The maximum absolute atomic E-state index is 8.89. The molecule has 0 N–H and O–H groups in total. The average molecular weight is 191 g/mol. The summed E-state index contributed by atoms with van der Waals surface area (Å²) in [4.78, 5) is 8.89. The molecule has 0 atom stereocenters. The molecule has 0 aromatic rings. The van der Waals surface area contributed by atoms with E-state index in [1.54, 1.807) is 0 Å². The van der Waals surface area contributed by atoms with Crippen molar-refractivity contribution in [2.24, 2.45) is 0 Å². The number of hydrogen-bond donors (Lipinski definition) is 0. The first kappa shape index (κ1) is 34.5. The maximum atomic E-state index is 8.89. The summed E-state index contributed by atoms with van der Waals surface area (Å²) >= 11 is 0. The largest absolute Gasteiger partial charge is 1.00 e. The second kappa shape index (κ2) is 23.9. The van der Waals surface area contributed by atoms with Gasteiger partial charge in [-0.2, -0.15) is 0 Å². The van der Waals surface area contributed by atoms with Gasteiger partial charge in [0.2, 0.25) is 0 Å². The standard InChI is InChI=1S/C2H4O2.3ClH.Na/c1-2(3)4;;;;/h1H3,(H,3,4);3*1H;/q;;;;+1/p-1. The number of hydrogen-bond acceptors (Lipinski definition) is 2. The zero-order chi connectivity index (χ0) is 3.58. The number of carbonyl (C=O) groups is 1. The van der Waals surface area contributed by atoms with E-state index in [0.717, 1.165) is 6.92 Å². The molecule has 0 amide bonds. The van der Waals surface area contributed by atoms with Crippen LogP contribution in [0.5, 0.6) is 0 Å². The molecule has 6 heteroatoms. The molecule has 8 heavy (non-hydrogen) atoms. The first-order chi connectivity index (χ1) is 1.73. The van der Waals surface area contributed by atoms with Crippen LogP contribution in [0.25, 0.3) is 0 Å². The molecule has 0 aliphatic rings. The number of aliphatic carboxylic acids is 1. The van der Waals surface area contributed by atoms with Gasteiger partial charge in [0.05, 0.1) is 0 Å². The Kier molecular flexibility index (Phi) is 103. The van der Waals surface area contributed by atoms with E-state index in [1.807, 2.05) is 0 Å². The van der Waals surface area contributed by atoms with Crippen molar-refractivity contribution in [2.75, 3.05) is 0 Å². The summed E-state index contributed by atoms with van der Waals surface area (Å²) in [5.74, 6) is -1.08. The van der Waals surface area contributed by atoms with Crippen LogP contribution in [-0.4, -0.2) is 5.97 Å². The second-order valence-electron chi connectivity index (χ2n) is 0.492. The summed E-state index contributed by atoms with van der Waals surface area (Å²) in [6.07, 6.45) is 0. The van der Waals surface area contributed by atoms with Gasteiger partial charge < -0.3 is 9.90 Å². The summed E-state index contributed by atoms with van der Waals surface area (Å²) in [6.45, 7) is 0.972. The fourth-order valence-electron chi connectivity index (χ4n) is 0. The van der Waals surface area contributed by atoms with Crippen molar-refractivity contribution in [3.63, 3.8) is 0 Å². The van der Waals surface area contributed by atoms with E-state index in [9.17, 15) is 0 Å². The van der Waals surface area contributed by atoms with Gasteiger partial charge in [-0.1, -0.05) is 0 Å². The van der Waals surface area contributed by atoms with Crippen molar-refractivity contribution < 1.29 is 39.5 Å². The van der Waals surface area contributed by atoms with Gasteiger partial charge in [0.1, 0.15) is 0 Å². The molecule has 0 heterocycles. The van der Waals surface area contributed by atoms with Crippen LogP contribution in [0.15, 0.2) is 0 Å². The number of halogens is 3. The predicted octanol–water partition coefficient (Wildman–Crippen LogP) is -2.97. The minimum atomic E-state index is -1.08. The van der Waals surface area contributed by atoms with E-state index in [4.69, 9.17) is 9.90 Å². The minimum absolute atomic E-state index is 0. The molecule has 0 rings (SSSR count). The Balaban J connectivity index is -0.00000000750. The van der Waals surface area contributed by atoms with Gasteiger partial charge in [-0.05, 0) is 6.92 Å². The fraction of sp³-hybridized carbons (Fsp3) is 0.500. The van der Waals surface area contributed by atoms with E-state index in [0.29, 0.717) is 0 Å². The van der Waals surface area contributed by atoms with E-state index >= 15 is 0 Å². The van der Waals surface area contributed by atoms with Crippen LogP contribution in [0.3, 0.4) is 0 Å². The van der Waals surface area contributed by atoms with E-state index in [-0.39, 0.29) is 66.8 Å². The Hall–Kier alpha value is 1.34. The van der Waals surface area contributed by atoms with Crippen molar-refractivity contribution in [3.05, 3.63) is 0 Å². The van der Waals surface area contributed by atoms with Crippen LogP contribution < -0.4 is 34.7 Å². The Morgan fingerprint density at radius 3 is 1.25 bits per heavy atom. The summed E-state index contributed by atoms with van der Waals surface area (Å²) in [5.41, 5.74) is 0. The number of carboxylic acids is 1. The van der Waals surface area contributed by atoms with Crippen molar-refractivity contribution in [3.8, 4) is 0 Å². The van der Waals surface area contributed by atoms with Crippen LogP contribution in [0, 0.1) is 0 Å². The third-order valence-electron chi connectivity index (χ3n) is 0. The number of carbonyl (C=O) groups excluding carboxylic acids is 1. The van der Waals surface area contributed by atoms with Gasteiger partial charge in [-0.15, -0.1) is 37.2 Å². The van der Waals surface area contributed by atoms with Crippen molar-refractivity contribution in [1.29, 1.82) is 0 Å². The molecule has 0 unspecified atom stereocenters. The van der Waals surface area contributed by atoms with Gasteiger partial charge in [-0.3, -0.25) is 0 Å². The smallest absolute Gasteiger partial charge is 0.550 e. The monoisotopic (exact) mass is 190 g/mol. The van der Waals surface area contributed by atoms with Crippen LogP contribution in [0.2, 0.25) is 0 Å². The van der Waals surface area contributed by atoms with E-state index in [1.165, 1.54) is 0 Å². The van der Waals surface area contributed by atoms with Crippen LogP contribution >= 0.6 is 37.2 Å². The van der Waals surface area contributed by atoms with Gasteiger partial charge in [-0.25, -0.2) is 0 Å². The summed E-state index contributed by atoms with van der Waals surface area (Å²) in [7, 11) is 0. The number of rotatable bonds is 0. The second-order valence-corrected chi connectivity index (χ2v) is 0.492. The summed E-state index contributed by atoms with van der Waals surface area (Å²) < 4.78 is 0. The Morgan fingerprint density at radius 2 is 1.25 bits per heavy atom. The molecule has 0 radical (unpaired) electrons. The zero-order valence-electron chi connectivity index (χ0n) is 4.54. The zero-order valence-corrected chi connectivity index (χ0v) is 8.99. The summed E-state index contributed by atoms with van der Waals surface area (Å²) in [5, 5.41) is 8.89. The van der Waals surface area contributed by atoms with Crippen molar-refractivity contribution >= 4 is 43.2 Å². The van der Waals surface area contributed by atoms with Gasteiger partial charge in [0, 0.05) is 5.97 Å². The van der Waals surface area contributed by atoms with Crippen molar-refractivity contribution in [2.45, 2.75) is 6.92 Å². The molecule has 48 valence electrons. The SMILES string of the molecule is CC(=O)[O-].Cl.Cl.Cl.[Na+]. The van der Waals surface area contributed by atoms with Crippen LogP contribution in [0.4, 0.5) is 0 Å². The normalized spacial score (nSPS) is 3.12. The van der Waals surface area contributed by atoms with Crippen LogP contribution in [-0.2, 0) is 4.79 Å². The molecule has 0 spiro atoms. The first-order valence-corrected chi connectivity index (χ1v) is 0.908. The molecule has 0 aliphatic carbocycles. The van der Waals surface area contributed by atoms with E-state index < -0.39 is 5.97 Å². The minimum Gasteiger partial charge on any atom is -0.550 e. The fourth-order valence-corrected chi connectivity index (χ4v) is 0. The predicted molar refractivity (Wildman–Crippen MR) is 32.4 cm³/mol. The van der Waals surface area contributed by atoms with Gasteiger partial charge >= 0.3 is 29.6 Å². The van der Waals surface area contributed by atoms with E-state index in [2.05, 4.69) is 0 Å². The van der Waals surface area contributed by atoms with Crippen LogP contribution in [0.1, 0.15) is 6.92 Å². The molecular weight excluding hydrogens is 185 g/mol.